The molecule has 3 aromatic rings. The third-order valence-electron chi connectivity index (χ3n) is 3.06. The number of hydrogen-bond acceptors (Lipinski definition) is 2. The van der Waals surface area contributed by atoms with Gasteiger partial charge in [0, 0.05) is 6.20 Å². The Labute approximate surface area is 110 Å². The number of carbonyl (C=O) groups is 1. The summed E-state index contributed by atoms with van der Waals surface area (Å²) in [5.74, 6) is -0.335. The van der Waals surface area contributed by atoms with Crippen molar-refractivity contribution in [1.82, 2.24) is 4.98 Å². The standard InChI is InChI=1S/C16H13NO2/c18-16(15-9-4-10-17-15)19-11-13-7-3-6-12-5-1-2-8-14(12)13/h1-10,17H,11H2. The Morgan fingerprint density at radius 1 is 1.00 bits per heavy atom. The molecule has 19 heavy (non-hydrogen) atoms. The Bertz CT molecular complexity index is 696. The van der Waals surface area contributed by atoms with E-state index in [1.807, 2.05) is 42.5 Å². The molecule has 0 aliphatic heterocycles. The number of nitrogens with one attached hydrogen (secondary N) is 1. The summed E-state index contributed by atoms with van der Waals surface area (Å²) in [6.07, 6.45) is 1.70. The lowest BCUT2D eigenvalue weighted by atomic mass is 10.1. The van der Waals surface area contributed by atoms with Crippen LogP contribution in [0.2, 0.25) is 0 Å². The van der Waals surface area contributed by atoms with Gasteiger partial charge in [-0.25, -0.2) is 4.79 Å². The zero-order valence-corrected chi connectivity index (χ0v) is 10.3. The van der Waals surface area contributed by atoms with Crippen molar-refractivity contribution in [3.8, 4) is 0 Å². The van der Waals surface area contributed by atoms with Gasteiger partial charge in [-0.3, -0.25) is 0 Å². The predicted molar refractivity (Wildman–Crippen MR) is 73.9 cm³/mol. The van der Waals surface area contributed by atoms with Gasteiger partial charge in [-0.1, -0.05) is 42.5 Å². The largest absolute Gasteiger partial charge is 0.456 e. The maximum atomic E-state index is 11.8. The monoisotopic (exact) mass is 251 g/mol. The molecule has 0 radical (unpaired) electrons. The van der Waals surface area contributed by atoms with Crippen molar-refractivity contribution < 1.29 is 9.53 Å². The molecule has 0 bridgehead atoms. The quantitative estimate of drug-likeness (QED) is 0.723. The summed E-state index contributed by atoms with van der Waals surface area (Å²) in [4.78, 5) is 14.6. The van der Waals surface area contributed by atoms with Gasteiger partial charge in [0.1, 0.15) is 12.3 Å². The van der Waals surface area contributed by atoms with Gasteiger partial charge in [0.05, 0.1) is 0 Å². The fourth-order valence-electron chi connectivity index (χ4n) is 2.10. The van der Waals surface area contributed by atoms with E-state index in [2.05, 4.69) is 4.98 Å². The molecule has 0 atom stereocenters. The van der Waals surface area contributed by atoms with Crippen LogP contribution in [0.5, 0.6) is 0 Å². The summed E-state index contributed by atoms with van der Waals surface area (Å²) < 4.78 is 5.31. The number of ether oxygens (including phenoxy) is 1. The van der Waals surface area contributed by atoms with E-state index < -0.39 is 0 Å². The molecule has 2 aromatic carbocycles. The number of benzene rings is 2. The van der Waals surface area contributed by atoms with Crippen molar-refractivity contribution in [2.45, 2.75) is 6.61 Å². The SMILES string of the molecule is O=C(OCc1cccc2ccccc12)c1ccc[nH]1. The van der Waals surface area contributed by atoms with Crippen molar-refractivity contribution in [2.24, 2.45) is 0 Å². The van der Waals surface area contributed by atoms with Crippen LogP contribution < -0.4 is 0 Å². The van der Waals surface area contributed by atoms with Crippen LogP contribution in [0.15, 0.2) is 60.8 Å². The molecule has 0 aliphatic rings. The summed E-state index contributed by atoms with van der Waals surface area (Å²) >= 11 is 0. The molecule has 3 nitrogen and oxygen atoms in total. The molecule has 0 aliphatic carbocycles. The topological polar surface area (TPSA) is 42.1 Å². The molecule has 1 N–H and O–H groups in total. The summed E-state index contributed by atoms with van der Waals surface area (Å²) in [6, 6.07) is 17.5. The molecule has 0 fully saturated rings. The highest BCUT2D eigenvalue weighted by atomic mass is 16.5. The van der Waals surface area contributed by atoms with Gasteiger partial charge in [0.2, 0.25) is 0 Å². The molecule has 1 aromatic heterocycles. The lowest BCUT2D eigenvalue weighted by Crippen LogP contribution is -2.05. The molecule has 0 spiro atoms. The van der Waals surface area contributed by atoms with E-state index in [1.165, 1.54) is 0 Å². The van der Waals surface area contributed by atoms with E-state index in [0.717, 1.165) is 16.3 Å². The molecule has 0 saturated heterocycles. The molecule has 94 valence electrons. The minimum Gasteiger partial charge on any atom is -0.456 e. The predicted octanol–water partition coefficient (Wildman–Crippen LogP) is 3.52. The third kappa shape index (κ3) is 2.36. The van der Waals surface area contributed by atoms with Crippen molar-refractivity contribution in [1.29, 1.82) is 0 Å². The van der Waals surface area contributed by atoms with Crippen LogP contribution in [0.3, 0.4) is 0 Å². The second kappa shape index (κ2) is 4.98. The average Bonchev–Trinajstić information content (AvgIpc) is 2.99. The first-order valence-electron chi connectivity index (χ1n) is 6.12. The first-order chi connectivity index (χ1) is 9.34. The van der Waals surface area contributed by atoms with Crippen molar-refractivity contribution in [3.63, 3.8) is 0 Å². The highest BCUT2D eigenvalue weighted by Gasteiger charge is 2.08. The van der Waals surface area contributed by atoms with E-state index >= 15 is 0 Å². The van der Waals surface area contributed by atoms with E-state index in [-0.39, 0.29) is 12.6 Å². The lowest BCUT2D eigenvalue weighted by molar-refractivity contribution is 0.0468. The zero-order valence-electron chi connectivity index (χ0n) is 10.3. The molecule has 3 rings (SSSR count). The smallest absolute Gasteiger partial charge is 0.355 e. The van der Waals surface area contributed by atoms with Gasteiger partial charge in [-0.2, -0.15) is 0 Å². The van der Waals surface area contributed by atoms with Gasteiger partial charge in [-0.15, -0.1) is 0 Å². The van der Waals surface area contributed by atoms with Crippen LogP contribution in [0.4, 0.5) is 0 Å². The van der Waals surface area contributed by atoms with Crippen LogP contribution in [0.1, 0.15) is 16.1 Å². The number of aromatic nitrogens is 1. The summed E-state index contributed by atoms with van der Waals surface area (Å²) in [6.45, 7) is 0.277. The highest BCUT2D eigenvalue weighted by Crippen LogP contribution is 2.19. The first-order valence-corrected chi connectivity index (χ1v) is 6.12. The zero-order chi connectivity index (χ0) is 13.1. The second-order valence-electron chi connectivity index (χ2n) is 4.30. The van der Waals surface area contributed by atoms with E-state index in [0.29, 0.717) is 5.69 Å². The molecule has 0 unspecified atom stereocenters. The van der Waals surface area contributed by atoms with Gasteiger partial charge < -0.3 is 9.72 Å². The number of hydrogen-bond donors (Lipinski definition) is 1. The number of H-pyrrole nitrogens is 1. The van der Waals surface area contributed by atoms with Crippen LogP contribution in [-0.4, -0.2) is 11.0 Å². The number of aromatic amines is 1. The van der Waals surface area contributed by atoms with Crippen molar-refractivity contribution in [2.75, 3.05) is 0 Å². The maximum Gasteiger partial charge on any atom is 0.355 e. The molecular formula is C16H13NO2. The lowest BCUT2D eigenvalue weighted by Gasteiger charge is -2.07. The Hall–Kier alpha value is -2.55. The fraction of sp³-hybridized carbons (Fsp3) is 0.0625. The minimum absolute atomic E-state index is 0.277. The molecular weight excluding hydrogens is 238 g/mol. The van der Waals surface area contributed by atoms with Crippen molar-refractivity contribution >= 4 is 16.7 Å². The van der Waals surface area contributed by atoms with Gasteiger partial charge >= 0.3 is 5.97 Å². The molecule has 1 heterocycles. The maximum absolute atomic E-state index is 11.8. The first kappa shape index (κ1) is 11.5. The normalized spacial score (nSPS) is 10.5. The Balaban J connectivity index is 1.81. The van der Waals surface area contributed by atoms with Crippen LogP contribution in [-0.2, 0) is 11.3 Å². The number of esters is 1. The summed E-state index contributed by atoms with van der Waals surface area (Å²) in [7, 11) is 0. The van der Waals surface area contributed by atoms with E-state index in [9.17, 15) is 4.79 Å². The molecule has 0 amide bonds. The number of carbonyl (C=O) groups excluding carboxylic acids is 1. The summed E-state index contributed by atoms with van der Waals surface area (Å²) in [5, 5.41) is 2.26. The molecule has 0 saturated carbocycles. The van der Waals surface area contributed by atoms with Gasteiger partial charge in [-0.05, 0) is 28.5 Å². The third-order valence-corrected chi connectivity index (χ3v) is 3.06. The van der Waals surface area contributed by atoms with Crippen LogP contribution in [0.25, 0.3) is 10.8 Å². The van der Waals surface area contributed by atoms with E-state index in [4.69, 9.17) is 4.74 Å². The van der Waals surface area contributed by atoms with Gasteiger partial charge in [0.25, 0.3) is 0 Å². The van der Waals surface area contributed by atoms with Crippen LogP contribution in [0, 0.1) is 0 Å². The fourth-order valence-corrected chi connectivity index (χ4v) is 2.10. The summed E-state index contributed by atoms with van der Waals surface area (Å²) in [5.41, 5.74) is 1.48. The average molecular weight is 251 g/mol. The van der Waals surface area contributed by atoms with Crippen molar-refractivity contribution in [3.05, 3.63) is 72.1 Å². The Kier molecular flexibility index (Phi) is 3.02. The Morgan fingerprint density at radius 3 is 2.68 bits per heavy atom. The van der Waals surface area contributed by atoms with Gasteiger partial charge in [0.15, 0.2) is 0 Å². The Morgan fingerprint density at radius 2 is 1.84 bits per heavy atom. The molecule has 3 heteroatoms. The highest BCUT2D eigenvalue weighted by molar-refractivity contribution is 5.88. The second-order valence-corrected chi connectivity index (χ2v) is 4.30. The van der Waals surface area contributed by atoms with E-state index in [1.54, 1.807) is 18.3 Å². The number of rotatable bonds is 3. The minimum atomic E-state index is -0.335. The number of fused-ring (bicyclic) bond motifs is 1. The van der Waals surface area contributed by atoms with Crippen LogP contribution >= 0.6 is 0 Å².